The van der Waals surface area contributed by atoms with Crippen LogP contribution in [0.2, 0.25) is 0 Å². The molecule has 0 aromatic rings. The number of hydrogen-bond donors (Lipinski definition) is 7. The molecule has 52 heavy (non-hydrogen) atoms. The van der Waals surface area contributed by atoms with E-state index >= 15 is 0 Å². The summed E-state index contributed by atoms with van der Waals surface area (Å²) in [5, 5.41) is 31.2. The van der Waals surface area contributed by atoms with Gasteiger partial charge < -0.3 is 55.7 Å². The van der Waals surface area contributed by atoms with Crippen LogP contribution in [-0.2, 0) is 52.5 Å². The molecule has 0 aliphatic rings. The summed E-state index contributed by atoms with van der Waals surface area (Å²) < 4.78 is 21.1. The average Bonchev–Trinajstić information content (AvgIpc) is 3.11. The second-order valence-electron chi connectivity index (χ2n) is 11.6. The topological polar surface area (TPSA) is 257 Å². The Kier molecular flexibility index (Phi) is 32.4. The molecule has 0 aliphatic heterocycles. The molecule has 300 valence electrons. The molecule has 0 rings (SSSR count). The predicted octanol–water partition coefficient (Wildman–Crippen LogP) is 0.248. The third kappa shape index (κ3) is 33.7. The van der Waals surface area contributed by atoms with Gasteiger partial charge in [0.15, 0.2) is 0 Å². The number of hydrogen-bond acceptors (Lipinski definition) is 11. The van der Waals surface area contributed by atoms with Crippen molar-refractivity contribution >= 4 is 57.4 Å². The average molecular weight is 813 g/mol. The summed E-state index contributed by atoms with van der Waals surface area (Å²) in [5.41, 5.74) is 0. The van der Waals surface area contributed by atoms with Crippen LogP contribution in [0, 0.1) is 0 Å². The molecular formula is C33H58BrN5O13. The van der Waals surface area contributed by atoms with Crippen LogP contribution in [0.25, 0.3) is 0 Å². The molecule has 0 heterocycles. The number of amides is 5. The fourth-order valence-corrected chi connectivity index (χ4v) is 4.56. The maximum atomic E-state index is 12.2. The van der Waals surface area contributed by atoms with Crippen LogP contribution in [-0.4, -0.2) is 142 Å². The van der Waals surface area contributed by atoms with E-state index in [9.17, 15) is 38.7 Å². The molecule has 0 spiro atoms. The second-order valence-corrected chi connectivity index (χ2v) is 12.1. The van der Waals surface area contributed by atoms with Crippen LogP contribution < -0.4 is 26.6 Å². The first-order valence-electron chi connectivity index (χ1n) is 17.7. The Bertz CT molecular complexity index is 1040. The van der Waals surface area contributed by atoms with Gasteiger partial charge >= 0.3 is 11.9 Å². The van der Waals surface area contributed by atoms with Crippen molar-refractivity contribution in [3.63, 3.8) is 0 Å². The van der Waals surface area contributed by atoms with Crippen molar-refractivity contribution < 1.29 is 62.7 Å². The van der Waals surface area contributed by atoms with Crippen molar-refractivity contribution in [3.05, 3.63) is 0 Å². The van der Waals surface area contributed by atoms with Gasteiger partial charge in [-0.15, -0.1) is 0 Å². The third-order valence-electron chi connectivity index (χ3n) is 7.08. The molecule has 18 nitrogen and oxygen atoms in total. The molecule has 0 aliphatic carbocycles. The molecule has 19 heteroatoms. The van der Waals surface area contributed by atoms with Crippen LogP contribution >= 0.6 is 15.9 Å². The van der Waals surface area contributed by atoms with E-state index in [-0.39, 0.29) is 126 Å². The molecule has 0 saturated heterocycles. The van der Waals surface area contributed by atoms with E-state index in [0.29, 0.717) is 25.9 Å². The van der Waals surface area contributed by atoms with Crippen molar-refractivity contribution in [1.29, 1.82) is 0 Å². The molecule has 5 amide bonds. The van der Waals surface area contributed by atoms with Gasteiger partial charge in [-0.3, -0.25) is 28.8 Å². The van der Waals surface area contributed by atoms with Crippen molar-refractivity contribution in [3.8, 4) is 0 Å². The molecule has 0 saturated carbocycles. The number of ether oxygens (including phenoxy) is 4. The predicted molar refractivity (Wildman–Crippen MR) is 192 cm³/mol. The largest absolute Gasteiger partial charge is 0.481 e. The zero-order valence-corrected chi connectivity index (χ0v) is 31.6. The van der Waals surface area contributed by atoms with Gasteiger partial charge in [0, 0.05) is 45.4 Å². The molecule has 0 aromatic carbocycles. The van der Waals surface area contributed by atoms with E-state index in [1.54, 1.807) is 0 Å². The molecule has 0 aromatic heterocycles. The minimum Gasteiger partial charge on any atom is -0.481 e. The molecule has 0 fully saturated rings. The van der Waals surface area contributed by atoms with E-state index in [1.807, 2.05) is 0 Å². The van der Waals surface area contributed by atoms with Gasteiger partial charge in [-0.25, -0.2) is 4.79 Å². The SMILES string of the molecule is O=C(O)CCCCCCCCCCC(=O)N[C@@H](CCC(=O)NCCOCCOCC(=O)NCCOCCOCC(=O)NCCNC(=O)CBr)C(=O)O. The van der Waals surface area contributed by atoms with E-state index in [1.165, 1.54) is 0 Å². The summed E-state index contributed by atoms with van der Waals surface area (Å²) >= 11 is 3.02. The zero-order chi connectivity index (χ0) is 38.7. The standard InChI is InChI=1S/C33H58BrN5O13/c34-23-29(42)35-13-14-36-30(43)24-51-21-20-50-18-16-38-31(44)25-52-22-19-49-17-15-37-27(40)12-11-26(33(47)48)39-28(41)9-7-5-3-1-2-4-6-8-10-32(45)46/h26H,1-25H2,(H,35,42)(H,36,43)(H,37,40)(H,38,44)(H,39,41)(H,45,46)(H,47,48)/t26-/m0/s1. The monoisotopic (exact) mass is 811 g/mol. The molecule has 0 unspecified atom stereocenters. The smallest absolute Gasteiger partial charge is 0.326 e. The van der Waals surface area contributed by atoms with Gasteiger partial charge in [0.05, 0.1) is 45.0 Å². The van der Waals surface area contributed by atoms with E-state index < -0.39 is 18.0 Å². The Morgan fingerprint density at radius 1 is 0.481 bits per heavy atom. The van der Waals surface area contributed by atoms with E-state index in [2.05, 4.69) is 42.5 Å². The van der Waals surface area contributed by atoms with E-state index in [4.69, 9.17) is 24.1 Å². The minimum atomic E-state index is -1.21. The van der Waals surface area contributed by atoms with Gasteiger partial charge in [0.2, 0.25) is 29.5 Å². The van der Waals surface area contributed by atoms with Gasteiger partial charge in [-0.1, -0.05) is 54.5 Å². The van der Waals surface area contributed by atoms with Crippen molar-refractivity contribution in [2.75, 3.05) is 84.4 Å². The minimum absolute atomic E-state index is 0.0465. The van der Waals surface area contributed by atoms with Gasteiger partial charge in [0.25, 0.3) is 0 Å². The normalized spacial score (nSPS) is 11.3. The number of aliphatic carboxylic acids is 2. The lowest BCUT2D eigenvalue weighted by atomic mass is 10.1. The summed E-state index contributed by atoms with van der Waals surface area (Å²) in [7, 11) is 0. The first-order chi connectivity index (χ1) is 25.0. The highest BCUT2D eigenvalue weighted by atomic mass is 79.9. The first kappa shape index (κ1) is 48.6. The summed E-state index contributed by atoms with van der Waals surface area (Å²) in [4.78, 5) is 80.8. The second kappa shape index (κ2) is 34.7. The van der Waals surface area contributed by atoms with Gasteiger partial charge in [-0.05, 0) is 19.3 Å². The maximum Gasteiger partial charge on any atom is 0.326 e. The van der Waals surface area contributed by atoms with E-state index in [0.717, 1.165) is 38.5 Å². The summed E-state index contributed by atoms with van der Waals surface area (Å²) in [6.07, 6.45) is 7.31. The third-order valence-corrected chi connectivity index (χ3v) is 7.59. The number of carboxylic acid groups (broad SMARTS) is 2. The van der Waals surface area contributed by atoms with Crippen molar-refractivity contribution in [2.24, 2.45) is 0 Å². The van der Waals surface area contributed by atoms with Crippen LogP contribution in [0.15, 0.2) is 0 Å². The lowest BCUT2D eigenvalue weighted by molar-refractivity contribution is -0.142. The quantitative estimate of drug-likeness (QED) is 0.0331. The van der Waals surface area contributed by atoms with Crippen LogP contribution in [0.5, 0.6) is 0 Å². The Morgan fingerprint density at radius 2 is 0.923 bits per heavy atom. The van der Waals surface area contributed by atoms with Gasteiger partial charge in [-0.2, -0.15) is 0 Å². The maximum absolute atomic E-state index is 12.2. The summed E-state index contributed by atoms with van der Waals surface area (Å²) in [6.45, 7) is 2.00. The first-order valence-corrected chi connectivity index (χ1v) is 18.8. The summed E-state index contributed by atoms with van der Waals surface area (Å²) in [5.74, 6) is -3.52. The molecular weight excluding hydrogens is 754 g/mol. The Morgan fingerprint density at radius 3 is 1.42 bits per heavy atom. The molecule has 1 atom stereocenters. The number of carbonyl (C=O) groups is 7. The Labute approximate surface area is 313 Å². The van der Waals surface area contributed by atoms with Crippen molar-refractivity contribution in [2.45, 2.75) is 83.1 Å². The number of alkyl halides is 1. The number of carbonyl (C=O) groups excluding carboxylic acids is 5. The fraction of sp³-hybridized carbons (Fsp3) is 0.788. The lowest BCUT2D eigenvalue weighted by Crippen LogP contribution is -2.41. The lowest BCUT2D eigenvalue weighted by Gasteiger charge is -2.14. The number of rotatable bonds is 36. The molecule has 0 bridgehead atoms. The Hall–Kier alpha value is -3.39. The van der Waals surface area contributed by atoms with Crippen LogP contribution in [0.4, 0.5) is 0 Å². The highest BCUT2D eigenvalue weighted by molar-refractivity contribution is 9.09. The number of nitrogens with one attached hydrogen (secondary N) is 5. The van der Waals surface area contributed by atoms with Crippen LogP contribution in [0.3, 0.4) is 0 Å². The molecule has 7 N–H and O–H groups in total. The van der Waals surface area contributed by atoms with Crippen LogP contribution in [0.1, 0.15) is 77.0 Å². The number of unbranched alkanes of at least 4 members (excludes halogenated alkanes) is 7. The van der Waals surface area contributed by atoms with Crippen molar-refractivity contribution in [1.82, 2.24) is 26.6 Å². The zero-order valence-electron chi connectivity index (χ0n) is 30.0. The fourth-order valence-electron chi connectivity index (χ4n) is 4.36. The highest BCUT2D eigenvalue weighted by Gasteiger charge is 2.20. The Balaban J connectivity index is 3.67. The summed E-state index contributed by atoms with van der Waals surface area (Å²) in [6, 6.07) is -1.16. The van der Waals surface area contributed by atoms with Gasteiger partial charge in [0.1, 0.15) is 19.3 Å². The molecule has 0 radical (unpaired) electrons. The number of carboxylic acids is 2. The highest BCUT2D eigenvalue weighted by Crippen LogP contribution is 2.11. The number of halogens is 1.